The lowest BCUT2D eigenvalue weighted by Gasteiger charge is -2.40. The van der Waals surface area contributed by atoms with Gasteiger partial charge in [0.25, 0.3) is 0 Å². The average Bonchev–Trinajstić information content (AvgIpc) is 2.53. The van der Waals surface area contributed by atoms with Crippen molar-refractivity contribution in [2.75, 3.05) is 40.3 Å². The van der Waals surface area contributed by atoms with Gasteiger partial charge in [0.15, 0.2) is 0 Å². The zero-order valence-corrected chi connectivity index (χ0v) is 13.3. The molecule has 1 aliphatic heterocycles. The molecule has 0 unspecified atom stereocenters. The molecule has 0 aromatic heterocycles. The number of para-hydroxylation sites is 1. The Kier molecular flexibility index (Phi) is 5.38. The SMILES string of the molecule is COc1ccccc1[C@H]1CN(C(=O)CNC(C)=O)CCN1C. The van der Waals surface area contributed by atoms with E-state index >= 15 is 0 Å². The first-order chi connectivity index (χ1) is 10.5. The van der Waals surface area contributed by atoms with Crippen LogP contribution in [0.3, 0.4) is 0 Å². The van der Waals surface area contributed by atoms with Crippen LogP contribution < -0.4 is 10.1 Å². The summed E-state index contributed by atoms with van der Waals surface area (Å²) >= 11 is 0. The lowest BCUT2D eigenvalue weighted by Crippen LogP contribution is -2.51. The molecule has 0 aliphatic carbocycles. The number of methoxy groups -OCH3 is 1. The minimum absolute atomic E-state index is 0.0526. The fourth-order valence-corrected chi connectivity index (χ4v) is 2.69. The second-order valence-electron chi connectivity index (χ2n) is 5.49. The van der Waals surface area contributed by atoms with Crippen LogP contribution in [0, 0.1) is 0 Å². The summed E-state index contributed by atoms with van der Waals surface area (Å²) in [6.45, 7) is 3.51. The highest BCUT2D eigenvalue weighted by molar-refractivity contribution is 5.83. The summed E-state index contributed by atoms with van der Waals surface area (Å²) < 4.78 is 5.43. The number of carbonyl (C=O) groups is 2. The molecule has 1 fully saturated rings. The second kappa shape index (κ2) is 7.26. The van der Waals surface area contributed by atoms with Crippen molar-refractivity contribution >= 4 is 11.8 Å². The standard InChI is InChI=1S/C16H23N3O3/c1-12(20)17-10-16(21)19-9-8-18(2)14(11-19)13-6-4-5-7-15(13)22-3/h4-7,14H,8-11H2,1-3H3,(H,17,20)/t14-/m1/s1. The molecule has 1 heterocycles. The third-order valence-electron chi connectivity index (χ3n) is 3.99. The predicted octanol–water partition coefficient (Wildman–Crippen LogP) is 0.646. The Morgan fingerprint density at radius 2 is 2.05 bits per heavy atom. The zero-order chi connectivity index (χ0) is 16.1. The Balaban J connectivity index is 2.11. The highest BCUT2D eigenvalue weighted by Gasteiger charge is 2.29. The summed E-state index contributed by atoms with van der Waals surface area (Å²) in [7, 11) is 3.70. The predicted molar refractivity (Wildman–Crippen MR) is 83.6 cm³/mol. The van der Waals surface area contributed by atoms with E-state index in [0.29, 0.717) is 13.1 Å². The lowest BCUT2D eigenvalue weighted by molar-refractivity contribution is -0.134. The number of amides is 2. The summed E-state index contributed by atoms with van der Waals surface area (Å²) in [4.78, 5) is 27.2. The molecule has 2 rings (SSSR count). The van der Waals surface area contributed by atoms with E-state index in [1.807, 2.05) is 31.3 Å². The molecule has 0 saturated carbocycles. The van der Waals surface area contributed by atoms with Gasteiger partial charge in [-0.15, -0.1) is 0 Å². The highest BCUT2D eigenvalue weighted by Crippen LogP contribution is 2.31. The quantitative estimate of drug-likeness (QED) is 0.887. The Bertz CT molecular complexity index is 547. The van der Waals surface area contributed by atoms with Crippen molar-refractivity contribution in [3.8, 4) is 5.75 Å². The average molecular weight is 305 g/mol. The van der Waals surface area contributed by atoms with Gasteiger partial charge in [-0.1, -0.05) is 18.2 Å². The number of piperazine rings is 1. The molecule has 1 atom stereocenters. The van der Waals surface area contributed by atoms with Gasteiger partial charge in [-0.25, -0.2) is 0 Å². The molecular weight excluding hydrogens is 282 g/mol. The molecule has 6 nitrogen and oxygen atoms in total. The molecule has 0 spiro atoms. The Hall–Kier alpha value is -2.08. The number of ether oxygens (including phenoxy) is 1. The van der Waals surface area contributed by atoms with Crippen molar-refractivity contribution < 1.29 is 14.3 Å². The van der Waals surface area contributed by atoms with Gasteiger partial charge in [-0.2, -0.15) is 0 Å². The van der Waals surface area contributed by atoms with Gasteiger partial charge in [0.2, 0.25) is 11.8 Å². The number of hydrogen-bond acceptors (Lipinski definition) is 4. The summed E-state index contributed by atoms with van der Waals surface area (Å²) in [5, 5.41) is 2.56. The van der Waals surface area contributed by atoms with E-state index in [1.165, 1.54) is 6.92 Å². The number of likely N-dealkylation sites (N-methyl/N-ethyl adjacent to an activating group) is 1. The maximum Gasteiger partial charge on any atom is 0.242 e. The Morgan fingerprint density at radius 3 is 2.73 bits per heavy atom. The number of hydrogen-bond donors (Lipinski definition) is 1. The number of benzene rings is 1. The molecule has 1 aliphatic rings. The maximum absolute atomic E-state index is 12.2. The molecule has 2 amide bonds. The minimum Gasteiger partial charge on any atom is -0.496 e. The number of carbonyl (C=O) groups excluding carboxylic acids is 2. The van der Waals surface area contributed by atoms with Crippen LogP contribution in [-0.2, 0) is 9.59 Å². The van der Waals surface area contributed by atoms with E-state index in [4.69, 9.17) is 4.74 Å². The van der Waals surface area contributed by atoms with Crippen molar-refractivity contribution in [3.63, 3.8) is 0 Å². The monoisotopic (exact) mass is 305 g/mol. The van der Waals surface area contributed by atoms with E-state index in [1.54, 1.807) is 12.0 Å². The molecule has 1 aromatic carbocycles. The lowest BCUT2D eigenvalue weighted by atomic mass is 10.0. The third kappa shape index (κ3) is 3.76. The van der Waals surface area contributed by atoms with Gasteiger partial charge < -0.3 is 15.0 Å². The van der Waals surface area contributed by atoms with E-state index in [0.717, 1.165) is 17.9 Å². The first kappa shape index (κ1) is 16.3. The molecule has 6 heteroatoms. The Morgan fingerprint density at radius 1 is 1.32 bits per heavy atom. The van der Waals surface area contributed by atoms with Crippen LogP contribution >= 0.6 is 0 Å². The smallest absolute Gasteiger partial charge is 0.242 e. The first-order valence-electron chi connectivity index (χ1n) is 7.38. The van der Waals surface area contributed by atoms with E-state index < -0.39 is 0 Å². The van der Waals surface area contributed by atoms with Gasteiger partial charge in [-0.3, -0.25) is 14.5 Å². The zero-order valence-electron chi connectivity index (χ0n) is 13.3. The highest BCUT2D eigenvalue weighted by atomic mass is 16.5. The van der Waals surface area contributed by atoms with Crippen molar-refractivity contribution in [1.82, 2.24) is 15.1 Å². The van der Waals surface area contributed by atoms with Crippen LogP contribution in [0.1, 0.15) is 18.5 Å². The van der Waals surface area contributed by atoms with Crippen LogP contribution in [-0.4, -0.2) is 62.0 Å². The third-order valence-corrected chi connectivity index (χ3v) is 3.99. The fraction of sp³-hybridized carbons (Fsp3) is 0.500. The molecular formula is C16H23N3O3. The van der Waals surface area contributed by atoms with Crippen LogP contribution in [0.15, 0.2) is 24.3 Å². The van der Waals surface area contributed by atoms with Crippen molar-refractivity contribution in [1.29, 1.82) is 0 Å². The number of nitrogens with zero attached hydrogens (tertiary/aromatic N) is 2. The van der Waals surface area contributed by atoms with E-state index in [2.05, 4.69) is 10.2 Å². The maximum atomic E-state index is 12.2. The van der Waals surface area contributed by atoms with Crippen LogP contribution in [0.2, 0.25) is 0 Å². The summed E-state index contributed by atoms with van der Waals surface area (Å²) in [6, 6.07) is 7.96. The number of nitrogens with one attached hydrogen (secondary N) is 1. The van der Waals surface area contributed by atoms with E-state index in [-0.39, 0.29) is 24.4 Å². The molecule has 0 radical (unpaired) electrons. The van der Waals surface area contributed by atoms with Gasteiger partial charge in [-0.05, 0) is 13.1 Å². The Labute approximate surface area is 131 Å². The van der Waals surface area contributed by atoms with Crippen molar-refractivity contribution in [2.45, 2.75) is 13.0 Å². The fourth-order valence-electron chi connectivity index (χ4n) is 2.69. The van der Waals surface area contributed by atoms with Crippen LogP contribution in [0.5, 0.6) is 5.75 Å². The van der Waals surface area contributed by atoms with Gasteiger partial charge >= 0.3 is 0 Å². The van der Waals surface area contributed by atoms with Crippen molar-refractivity contribution in [3.05, 3.63) is 29.8 Å². The van der Waals surface area contributed by atoms with Gasteiger partial charge in [0.05, 0.1) is 19.7 Å². The summed E-state index contributed by atoms with van der Waals surface area (Å²) in [5.41, 5.74) is 1.07. The van der Waals surface area contributed by atoms with Crippen LogP contribution in [0.25, 0.3) is 0 Å². The molecule has 120 valence electrons. The molecule has 22 heavy (non-hydrogen) atoms. The second-order valence-corrected chi connectivity index (χ2v) is 5.49. The summed E-state index contributed by atoms with van der Waals surface area (Å²) in [6.07, 6.45) is 0. The molecule has 0 bridgehead atoms. The van der Waals surface area contributed by atoms with Gasteiger partial charge in [0, 0.05) is 32.1 Å². The number of rotatable bonds is 4. The van der Waals surface area contributed by atoms with Crippen molar-refractivity contribution in [2.24, 2.45) is 0 Å². The molecule has 1 saturated heterocycles. The minimum atomic E-state index is -0.191. The molecule has 1 aromatic rings. The van der Waals surface area contributed by atoms with Crippen LogP contribution in [0.4, 0.5) is 0 Å². The normalized spacial score (nSPS) is 18.9. The van der Waals surface area contributed by atoms with Gasteiger partial charge in [0.1, 0.15) is 5.75 Å². The molecule has 1 N–H and O–H groups in total. The topological polar surface area (TPSA) is 61.9 Å². The summed E-state index contributed by atoms with van der Waals surface area (Å²) in [5.74, 6) is 0.586. The largest absolute Gasteiger partial charge is 0.496 e. The van der Waals surface area contributed by atoms with E-state index in [9.17, 15) is 9.59 Å². The first-order valence-corrected chi connectivity index (χ1v) is 7.38.